The van der Waals surface area contributed by atoms with Crippen LogP contribution in [0.1, 0.15) is 20.7 Å². The second-order valence-electron chi connectivity index (χ2n) is 4.61. The Morgan fingerprint density at radius 1 is 0.955 bits per heavy atom. The summed E-state index contributed by atoms with van der Waals surface area (Å²) in [7, 11) is 0. The number of ether oxygens (including phenoxy) is 1. The molecule has 0 fully saturated rings. The van der Waals surface area contributed by atoms with E-state index < -0.39 is 5.97 Å². The number of carbonyl (C=O) groups excluding carboxylic acids is 3. The Balaban J connectivity index is 1.90. The SMILES string of the molecule is C=CC(=O)Oc1ccc(N2C(=O)c3ccccc3C2=O)cc1. The summed E-state index contributed by atoms with van der Waals surface area (Å²) in [6.07, 6.45) is 1.05. The fourth-order valence-electron chi connectivity index (χ4n) is 2.24. The third-order valence-corrected chi connectivity index (χ3v) is 3.27. The Hall–Kier alpha value is -3.21. The lowest BCUT2D eigenvalue weighted by atomic mass is 10.1. The number of hydrogen-bond donors (Lipinski definition) is 0. The van der Waals surface area contributed by atoms with Gasteiger partial charge in [-0.1, -0.05) is 18.7 Å². The summed E-state index contributed by atoms with van der Waals surface area (Å²) in [6.45, 7) is 3.31. The molecule has 1 aliphatic rings. The molecule has 2 aromatic rings. The molecular formula is C17H11NO4. The molecule has 0 bridgehead atoms. The maximum absolute atomic E-state index is 12.3. The quantitative estimate of drug-likeness (QED) is 0.377. The van der Waals surface area contributed by atoms with Gasteiger partial charge in [-0.25, -0.2) is 9.69 Å². The van der Waals surface area contributed by atoms with Crippen molar-refractivity contribution in [3.05, 3.63) is 72.3 Å². The molecule has 2 aromatic carbocycles. The van der Waals surface area contributed by atoms with E-state index in [1.807, 2.05) is 0 Å². The molecule has 1 aliphatic heterocycles. The van der Waals surface area contributed by atoms with E-state index in [9.17, 15) is 14.4 Å². The first-order valence-corrected chi connectivity index (χ1v) is 6.54. The average Bonchev–Trinajstić information content (AvgIpc) is 2.80. The van der Waals surface area contributed by atoms with Crippen LogP contribution in [-0.4, -0.2) is 17.8 Å². The van der Waals surface area contributed by atoms with E-state index in [4.69, 9.17) is 4.74 Å². The Morgan fingerprint density at radius 2 is 1.50 bits per heavy atom. The van der Waals surface area contributed by atoms with Crippen LogP contribution in [0.5, 0.6) is 5.75 Å². The molecule has 1 heterocycles. The fraction of sp³-hybridized carbons (Fsp3) is 0. The standard InChI is InChI=1S/C17H11NO4/c1-2-15(19)22-12-9-7-11(8-10-12)18-16(20)13-5-3-4-6-14(13)17(18)21/h2-10H,1H2. The maximum atomic E-state index is 12.3. The van der Waals surface area contributed by atoms with E-state index >= 15 is 0 Å². The number of amides is 2. The van der Waals surface area contributed by atoms with Crippen LogP contribution in [0.3, 0.4) is 0 Å². The van der Waals surface area contributed by atoms with Crippen LogP contribution in [0.25, 0.3) is 0 Å². The first kappa shape index (κ1) is 13.8. The van der Waals surface area contributed by atoms with E-state index in [0.717, 1.165) is 11.0 Å². The van der Waals surface area contributed by atoms with Crippen molar-refractivity contribution < 1.29 is 19.1 Å². The molecule has 0 saturated carbocycles. The molecule has 22 heavy (non-hydrogen) atoms. The summed E-state index contributed by atoms with van der Waals surface area (Å²) in [5.74, 6) is -0.994. The number of carbonyl (C=O) groups is 3. The zero-order valence-corrected chi connectivity index (χ0v) is 11.5. The van der Waals surface area contributed by atoms with Gasteiger partial charge in [-0.05, 0) is 36.4 Å². The van der Waals surface area contributed by atoms with Crippen molar-refractivity contribution in [3.63, 3.8) is 0 Å². The summed E-state index contributed by atoms with van der Waals surface area (Å²) < 4.78 is 4.95. The molecule has 0 unspecified atom stereocenters. The van der Waals surface area contributed by atoms with E-state index in [-0.39, 0.29) is 11.8 Å². The van der Waals surface area contributed by atoms with Crippen molar-refractivity contribution in [1.82, 2.24) is 0 Å². The summed E-state index contributed by atoms with van der Waals surface area (Å²) >= 11 is 0. The lowest BCUT2D eigenvalue weighted by Crippen LogP contribution is -2.29. The Bertz CT molecular complexity index is 758. The predicted molar refractivity (Wildman–Crippen MR) is 79.9 cm³/mol. The molecule has 0 aromatic heterocycles. The topological polar surface area (TPSA) is 63.7 Å². The van der Waals surface area contributed by atoms with Gasteiger partial charge in [-0.2, -0.15) is 0 Å². The second-order valence-corrected chi connectivity index (χ2v) is 4.61. The van der Waals surface area contributed by atoms with E-state index in [0.29, 0.717) is 22.6 Å². The van der Waals surface area contributed by atoms with Crippen molar-refractivity contribution in [1.29, 1.82) is 0 Å². The molecule has 5 nitrogen and oxygen atoms in total. The predicted octanol–water partition coefficient (Wildman–Crippen LogP) is 2.58. The van der Waals surface area contributed by atoms with Crippen molar-refractivity contribution in [2.24, 2.45) is 0 Å². The van der Waals surface area contributed by atoms with Crippen molar-refractivity contribution in [3.8, 4) is 5.75 Å². The zero-order valence-electron chi connectivity index (χ0n) is 11.5. The number of anilines is 1. The van der Waals surface area contributed by atoms with Crippen molar-refractivity contribution >= 4 is 23.5 Å². The van der Waals surface area contributed by atoms with E-state index in [2.05, 4.69) is 6.58 Å². The molecule has 3 rings (SSSR count). The summed E-state index contributed by atoms with van der Waals surface area (Å²) in [5.41, 5.74) is 1.19. The highest BCUT2D eigenvalue weighted by Gasteiger charge is 2.36. The van der Waals surface area contributed by atoms with Gasteiger partial charge in [0.2, 0.25) is 0 Å². The fourth-order valence-corrected chi connectivity index (χ4v) is 2.24. The molecule has 0 saturated heterocycles. The molecule has 0 aliphatic carbocycles. The van der Waals surface area contributed by atoms with Crippen LogP contribution in [0.2, 0.25) is 0 Å². The third-order valence-electron chi connectivity index (χ3n) is 3.27. The maximum Gasteiger partial charge on any atom is 0.335 e. The Morgan fingerprint density at radius 3 is 2.00 bits per heavy atom. The molecule has 0 atom stereocenters. The smallest absolute Gasteiger partial charge is 0.335 e. The van der Waals surface area contributed by atoms with E-state index in [1.54, 1.807) is 36.4 Å². The normalized spacial score (nSPS) is 13.0. The second kappa shape index (κ2) is 5.29. The number of nitrogens with zero attached hydrogens (tertiary/aromatic N) is 1. The Kier molecular flexibility index (Phi) is 3.31. The first-order valence-electron chi connectivity index (χ1n) is 6.54. The molecule has 108 valence electrons. The highest BCUT2D eigenvalue weighted by Crippen LogP contribution is 2.29. The molecule has 5 heteroatoms. The minimum atomic E-state index is -0.575. The molecule has 0 radical (unpaired) electrons. The Labute approximate surface area is 126 Å². The summed E-state index contributed by atoms with van der Waals surface area (Å²) in [4.78, 5) is 36.9. The number of imide groups is 1. The van der Waals surface area contributed by atoms with Gasteiger partial charge in [-0.3, -0.25) is 9.59 Å². The van der Waals surface area contributed by atoms with Gasteiger partial charge in [-0.15, -0.1) is 0 Å². The number of benzene rings is 2. The number of rotatable bonds is 3. The average molecular weight is 293 g/mol. The zero-order chi connectivity index (χ0) is 15.7. The lowest BCUT2D eigenvalue weighted by Gasteiger charge is -2.14. The van der Waals surface area contributed by atoms with Gasteiger partial charge in [0, 0.05) is 6.08 Å². The molecule has 0 spiro atoms. The van der Waals surface area contributed by atoms with Gasteiger partial charge in [0.25, 0.3) is 11.8 Å². The first-order chi connectivity index (χ1) is 10.6. The van der Waals surface area contributed by atoms with Gasteiger partial charge in [0.15, 0.2) is 0 Å². The number of fused-ring (bicyclic) bond motifs is 1. The molecule has 2 amide bonds. The van der Waals surface area contributed by atoms with Gasteiger partial charge < -0.3 is 4.74 Å². The van der Waals surface area contributed by atoms with Crippen LogP contribution in [-0.2, 0) is 4.79 Å². The summed E-state index contributed by atoms with van der Waals surface area (Å²) in [5, 5.41) is 0. The highest BCUT2D eigenvalue weighted by atomic mass is 16.5. The molecule has 0 N–H and O–H groups in total. The van der Waals surface area contributed by atoms with Gasteiger partial charge in [0.05, 0.1) is 16.8 Å². The number of hydrogen-bond acceptors (Lipinski definition) is 4. The van der Waals surface area contributed by atoms with Crippen LogP contribution < -0.4 is 9.64 Å². The van der Waals surface area contributed by atoms with Gasteiger partial charge in [0.1, 0.15) is 5.75 Å². The van der Waals surface area contributed by atoms with Gasteiger partial charge >= 0.3 is 5.97 Å². The van der Waals surface area contributed by atoms with Crippen LogP contribution in [0, 0.1) is 0 Å². The van der Waals surface area contributed by atoms with Crippen LogP contribution in [0.15, 0.2) is 61.2 Å². The van der Waals surface area contributed by atoms with Crippen LogP contribution >= 0.6 is 0 Å². The highest BCUT2D eigenvalue weighted by molar-refractivity contribution is 6.34. The largest absolute Gasteiger partial charge is 0.423 e. The number of esters is 1. The van der Waals surface area contributed by atoms with E-state index in [1.165, 1.54) is 12.1 Å². The van der Waals surface area contributed by atoms with Crippen molar-refractivity contribution in [2.75, 3.05) is 4.90 Å². The lowest BCUT2D eigenvalue weighted by molar-refractivity contribution is -0.128. The van der Waals surface area contributed by atoms with Crippen LogP contribution in [0.4, 0.5) is 5.69 Å². The molecular weight excluding hydrogens is 282 g/mol. The summed E-state index contributed by atoms with van der Waals surface area (Å²) in [6, 6.07) is 12.8. The minimum absolute atomic E-state index is 0.310. The third kappa shape index (κ3) is 2.18. The monoisotopic (exact) mass is 293 g/mol. The van der Waals surface area contributed by atoms with Crippen molar-refractivity contribution in [2.45, 2.75) is 0 Å². The minimum Gasteiger partial charge on any atom is -0.423 e.